The molecule has 0 bridgehead atoms. The second-order valence-electron chi connectivity index (χ2n) is 19.5. The number of benzene rings is 2. The third-order valence-electron chi connectivity index (χ3n) is 14.1. The smallest absolute Gasteiger partial charge is 0.408 e. The van der Waals surface area contributed by atoms with Crippen LogP contribution in [-0.4, -0.2) is 148 Å². The molecule has 3 saturated heterocycles. The highest BCUT2D eigenvalue weighted by Gasteiger charge is 2.58. The number of methoxy groups -OCH3 is 1. The Morgan fingerprint density at radius 1 is 1.01 bits per heavy atom. The summed E-state index contributed by atoms with van der Waals surface area (Å²) < 4.78 is 75.0. The predicted octanol–water partition coefficient (Wildman–Crippen LogP) is 4.54. The van der Waals surface area contributed by atoms with Crippen molar-refractivity contribution >= 4 is 39.4 Å². The van der Waals surface area contributed by atoms with E-state index in [1.165, 1.54) is 26.2 Å². The second kappa shape index (κ2) is 23.7. The number of cyclic esters (lactones) is 1. The lowest BCUT2D eigenvalue weighted by molar-refractivity contribution is -0.296. The van der Waals surface area contributed by atoms with Gasteiger partial charge in [0.15, 0.2) is 27.5 Å². The van der Waals surface area contributed by atoms with Crippen molar-refractivity contribution < 1.29 is 70.3 Å². The lowest BCUT2D eigenvalue weighted by Gasteiger charge is -2.47. The van der Waals surface area contributed by atoms with Gasteiger partial charge in [0.25, 0.3) is 0 Å². The Balaban J connectivity index is 1.37. The molecule has 69 heavy (non-hydrogen) atoms. The highest BCUT2D eigenvalue weighted by molar-refractivity contribution is 7.90. The summed E-state index contributed by atoms with van der Waals surface area (Å²) in [7, 11) is -0.258. The predicted molar refractivity (Wildman–Crippen MR) is 251 cm³/mol. The minimum Gasteiger partial charge on any atom is -0.458 e. The van der Waals surface area contributed by atoms with Gasteiger partial charge >= 0.3 is 12.1 Å². The van der Waals surface area contributed by atoms with Gasteiger partial charge in [-0.3, -0.25) is 19.2 Å². The van der Waals surface area contributed by atoms with E-state index in [4.69, 9.17) is 28.4 Å². The molecule has 3 unspecified atom stereocenters. The SMILES string of the molecule is CC[C@H]1OC(=O)[C@H](C)C(=O)[C@H](C)[C@@H](O[C@@H]2O[C@H](C)C[C@H](N(C)CCC(=O)N[C@H](CF)Cc3ccc(S(C)(=O)=O)cc3)[C@H]2O)C(C)(OC)C[C@@H](C)C(=O)[C@H](COCc2ccccc2)C2NC(=O)OC21C. The summed E-state index contributed by atoms with van der Waals surface area (Å²) in [6.07, 6.45) is -4.57. The normalized spacial score (nSPS) is 33.1. The molecule has 3 fully saturated rings. The molecule has 0 radical (unpaired) electrons. The first kappa shape index (κ1) is 55.6. The minimum atomic E-state index is -3.41. The van der Waals surface area contributed by atoms with Crippen LogP contribution in [0.25, 0.3) is 0 Å². The first-order valence-corrected chi connectivity index (χ1v) is 25.6. The number of ether oxygens (including phenoxy) is 6. The van der Waals surface area contributed by atoms with Crippen molar-refractivity contribution in [2.75, 3.05) is 40.2 Å². The Labute approximate surface area is 405 Å². The van der Waals surface area contributed by atoms with E-state index in [-0.39, 0.29) is 56.1 Å². The average molecular weight is 990 g/mol. The van der Waals surface area contributed by atoms with Crippen molar-refractivity contribution in [2.24, 2.45) is 23.7 Å². The molecule has 17 nitrogen and oxygen atoms in total. The number of alkyl halides is 1. The van der Waals surface area contributed by atoms with Crippen LogP contribution < -0.4 is 10.6 Å². The summed E-state index contributed by atoms with van der Waals surface area (Å²) in [6, 6.07) is 12.9. The summed E-state index contributed by atoms with van der Waals surface area (Å²) in [4.78, 5) is 71.6. The Morgan fingerprint density at radius 3 is 2.29 bits per heavy atom. The van der Waals surface area contributed by atoms with Gasteiger partial charge in [0.05, 0.1) is 53.9 Å². The Hall–Kier alpha value is -4.37. The van der Waals surface area contributed by atoms with Crippen LogP contribution in [0.2, 0.25) is 0 Å². The van der Waals surface area contributed by atoms with Crippen LogP contribution in [0.5, 0.6) is 0 Å². The number of amides is 2. The molecule has 0 saturated carbocycles. The van der Waals surface area contributed by atoms with Gasteiger partial charge in [-0.2, -0.15) is 0 Å². The maximum absolute atomic E-state index is 14.9. The first-order chi connectivity index (χ1) is 32.5. The van der Waals surface area contributed by atoms with E-state index in [2.05, 4.69) is 10.6 Å². The number of alkyl carbamates (subject to hydrolysis) is 1. The zero-order valence-electron chi connectivity index (χ0n) is 41.5. The van der Waals surface area contributed by atoms with Crippen molar-refractivity contribution in [3.8, 4) is 0 Å². The third-order valence-corrected chi connectivity index (χ3v) is 15.3. The Bertz CT molecular complexity index is 2200. The maximum atomic E-state index is 14.9. The third kappa shape index (κ3) is 13.5. The maximum Gasteiger partial charge on any atom is 0.408 e. The van der Waals surface area contributed by atoms with E-state index >= 15 is 0 Å². The monoisotopic (exact) mass is 989 g/mol. The van der Waals surface area contributed by atoms with Gasteiger partial charge in [0, 0.05) is 44.2 Å². The lowest BCUT2D eigenvalue weighted by atomic mass is 9.73. The largest absolute Gasteiger partial charge is 0.458 e. The van der Waals surface area contributed by atoms with Crippen molar-refractivity contribution in [1.82, 2.24) is 15.5 Å². The summed E-state index contributed by atoms with van der Waals surface area (Å²) in [5.74, 6) is -6.42. The lowest BCUT2D eigenvalue weighted by Crippen LogP contribution is -2.61. The molecule has 19 heteroatoms. The summed E-state index contributed by atoms with van der Waals surface area (Å²) in [6.45, 7) is 10.9. The molecule has 3 N–H and O–H groups in total. The van der Waals surface area contributed by atoms with Gasteiger partial charge in [-0.25, -0.2) is 17.6 Å². The van der Waals surface area contributed by atoms with E-state index in [9.17, 15) is 41.9 Å². The molecule has 0 aromatic heterocycles. The number of aliphatic hydroxyl groups excluding tert-OH is 1. The van der Waals surface area contributed by atoms with E-state index < -0.39 is 124 Å². The zero-order chi connectivity index (χ0) is 51.0. The van der Waals surface area contributed by atoms with Crippen LogP contribution in [0, 0.1) is 23.7 Å². The van der Waals surface area contributed by atoms with Gasteiger partial charge < -0.3 is 49.1 Å². The number of rotatable bonds is 17. The highest BCUT2D eigenvalue weighted by atomic mass is 32.2. The fourth-order valence-corrected chi connectivity index (χ4v) is 10.6. The van der Waals surface area contributed by atoms with Crippen molar-refractivity contribution in [1.29, 1.82) is 0 Å². The molecule has 2 aromatic carbocycles. The molecule has 2 amide bonds. The number of aliphatic hydroxyl groups is 1. The number of esters is 1. The molecule has 3 aliphatic rings. The van der Waals surface area contributed by atoms with Crippen molar-refractivity contribution in [2.45, 2.75) is 152 Å². The van der Waals surface area contributed by atoms with Crippen LogP contribution >= 0.6 is 0 Å². The highest BCUT2D eigenvalue weighted by Crippen LogP contribution is 2.40. The minimum absolute atomic E-state index is 0.0171. The first-order valence-electron chi connectivity index (χ1n) is 23.7. The van der Waals surface area contributed by atoms with Gasteiger partial charge in [-0.15, -0.1) is 0 Å². The molecule has 384 valence electrons. The summed E-state index contributed by atoms with van der Waals surface area (Å²) >= 11 is 0. The fourth-order valence-electron chi connectivity index (χ4n) is 10.0. The van der Waals surface area contributed by atoms with Crippen LogP contribution in [0.3, 0.4) is 0 Å². The van der Waals surface area contributed by atoms with E-state index in [1.54, 1.807) is 65.6 Å². The molecular weight excluding hydrogens is 918 g/mol. The topological polar surface area (TPSA) is 222 Å². The number of nitrogens with zero attached hydrogens (tertiary/aromatic N) is 1. The molecule has 14 atom stereocenters. The van der Waals surface area contributed by atoms with Crippen LogP contribution in [0.15, 0.2) is 59.5 Å². The van der Waals surface area contributed by atoms with E-state index in [0.29, 0.717) is 12.0 Å². The standard InChI is InChI=1S/C50H72FN3O14S/c1-11-39-50(7)44(53-48(60)68-50)37(28-64-27-34-15-13-12-14-16-34)41(56)29(2)25-49(6,63-9)45(31(4)42(57)32(5)46(59)66-39)67-47-43(58)38(23-30(3)65-47)54(8)22-21-40(55)52-35(26-51)24-33-17-19-36(20-18-33)69(10,61)62/h12-20,29-32,35,37-39,43-45,47,58H,11,21-28H2,1-10H3,(H,52,55)(H,53,60)/t29-,30-,31+,32-,35+,37+,38+,39-,43-,44?,45-,47+,49?,50?/m1/s1. The van der Waals surface area contributed by atoms with Gasteiger partial charge in [0.2, 0.25) is 5.91 Å². The number of carbonyl (C=O) groups excluding carboxylic acids is 5. The molecule has 0 aliphatic carbocycles. The van der Waals surface area contributed by atoms with Crippen molar-refractivity contribution in [3.63, 3.8) is 0 Å². The molecule has 3 heterocycles. The Morgan fingerprint density at radius 2 is 1.68 bits per heavy atom. The average Bonchev–Trinajstić information content (AvgIpc) is 3.63. The number of sulfone groups is 1. The number of carbonyl (C=O) groups is 5. The van der Waals surface area contributed by atoms with Gasteiger partial charge in [-0.05, 0) is 83.7 Å². The second-order valence-corrected chi connectivity index (χ2v) is 21.5. The van der Waals surface area contributed by atoms with E-state index in [0.717, 1.165) is 11.8 Å². The molecule has 0 spiro atoms. The number of likely N-dealkylation sites (N-methyl/N-ethyl adjacent to an activating group) is 1. The van der Waals surface area contributed by atoms with Crippen LogP contribution in [0.1, 0.15) is 85.3 Å². The van der Waals surface area contributed by atoms with E-state index in [1.807, 2.05) is 30.3 Å². The zero-order valence-corrected chi connectivity index (χ0v) is 42.3. The quantitative estimate of drug-likeness (QED) is 0.146. The summed E-state index contributed by atoms with van der Waals surface area (Å²) in [5, 5.41) is 17.5. The van der Waals surface area contributed by atoms with Crippen molar-refractivity contribution in [3.05, 3.63) is 65.7 Å². The Kier molecular flexibility index (Phi) is 19.1. The number of Topliss-reactive ketones (excluding diaryl/α,β-unsaturated/α-hetero) is 2. The fraction of sp³-hybridized carbons (Fsp3) is 0.660. The molecule has 3 aliphatic heterocycles. The number of fused-ring (bicyclic) bond motifs is 1. The van der Waals surface area contributed by atoms with Crippen LogP contribution in [-0.2, 0) is 70.5 Å². The number of hydrogen-bond donors (Lipinski definition) is 3. The number of halogens is 1. The molecule has 5 rings (SSSR count). The number of hydrogen-bond acceptors (Lipinski definition) is 15. The summed E-state index contributed by atoms with van der Waals surface area (Å²) in [5.41, 5.74) is -1.45. The molecule has 2 aromatic rings. The molecular formula is C50H72FN3O14S. The van der Waals surface area contributed by atoms with Gasteiger partial charge in [0.1, 0.15) is 30.6 Å². The van der Waals surface area contributed by atoms with Gasteiger partial charge in [-0.1, -0.05) is 63.2 Å². The number of nitrogens with one attached hydrogen (secondary N) is 2. The van der Waals surface area contributed by atoms with Crippen LogP contribution in [0.4, 0.5) is 9.18 Å². The number of ketones is 2.